The molecule has 0 atom stereocenters. The Bertz CT molecular complexity index is 509. The van der Waals surface area contributed by atoms with Crippen LogP contribution in [0.15, 0.2) is 18.2 Å². The Morgan fingerprint density at radius 3 is 2.62 bits per heavy atom. The fourth-order valence-electron chi connectivity index (χ4n) is 1.17. The average molecular weight is 245 g/mol. The minimum Gasteiger partial charge on any atom is -0.465 e. The summed E-state index contributed by atoms with van der Waals surface area (Å²) < 4.78 is 34.5. The molecule has 0 fully saturated rings. The second kappa shape index (κ2) is 4.50. The van der Waals surface area contributed by atoms with Crippen molar-refractivity contribution in [2.45, 2.75) is 5.75 Å². The molecule has 16 heavy (non-hydrogen) atoms. The maximum absolute atomic E-state index is 11.2. The first-order valence-electron chi connectivity index (χ1n) is 4.25. The standard InChI is InChI=1S/C9H11NO5S/c1-15-9(11)6-2-3-8(10)7(4-6)5-16(12,13)14/h2-4H,5,10H2,1H3,(H,12,13,14). The number of esters is 1. The van der Waals surface area contributed by atoms with E-state index in [1.807, 2.05) is 0 Å². The summed E-state index contributed by atoms with van der Waals surface area (Å²) in [5, 5.41) is 0. The highest BCUT2D eigenvalue weighted by atomic mass is 32.2. The molecule has 88 valence electrons. The van der Waals surface area contributed by atoms with Crippen molar-refractivity contribution in [3.8, 4) is 0 Å². The Kier molecular flexibility index (Phi) is 3.51. The predicted octanol–water partition coefficient (Wildman–Crippen LogP) is 0.443. The number of rotatable bonds is 3. The third-order valence-corrected chi connectivity index (χ3v) is 2.58. The Morgan fingerprint density at radius 1 is 1.50 bits per heavy atom. The lowest BCUT2D eigenvalue weighted by Gasteiger charge is -2.06. The number of anilines is 1. The molecule has 0 bridgehead atoms. The van der Waals surface area contributed by atoms with Crippen molar-refractivity contribution in [3.63, 3.8) is 0 Å². The molecule has 1 aromatic rings. The molecule has 1 rings (SSSR count). The van der Waals surface area contributed by atoms with Crippen LogP contribution in [0.1, 0.15) is 15.9 Å². The quantitative estimate of drug-likeness (QED) is 0.454. The third kappa shape index (κ3) is 3.21. The van der Waals surface area contributed by atoms with E-state index in [2.05, 4.69) is 4.74 Å². The van der Waals surface area contributed by atoms with Gasteiger partial charge in [0, 0.05) is 5.69 Å². The zero-order valence-corrected chi connectivity index (χ0v) is 9.32. The van der Waals surface area contributed by atoms with E-state index in [0.717, 1.165) is 0 Å². The van der Waals surface area contributed by atoms with Crippen molar-refractivity contribution in [1.82, 2.24) is 0 Å². The minimum absolute atomic E-state index is 0.158. The molecule has 0 spiro atoms. The van der Waals surface area contributed by atoms with Gasteiger partial charge in [-0.15, -0.1) is 0 Å². The summed E-state index contributed by atoms with van der Waals surface area (Å²) in [5.74, 6) is -1.24. The van der Waals surface area contributed by atoms with Crippen LogP contribution in [0.2, 0.25) is 0 Å². The van der Waals surface area contributed by atoms with Gasteiger partial charge in [0.05, 0.1) is 12.7 Å². The van der Waals surface area contributed by atoms with Gasteiger partial charge in [-0.05, 0) is 23.8 Å². The molecule has 0 aliphatic rings. The lowest BCUT2D eigenvalue weighted by atomic mass is 10.1. The molecular formula is C9H11NO5S. The summed E-state index contributed by atoms with van der Waals surface area (Å²) in [6.07, 6.45) is 0. The van der Waals surface area contributed by atoms with E-state index < -0.39 is 21.8 Å². The summed E-state index contributed by atoms with van der Waals surface area (Å²) in [6, 6.07) is 4.07. The summed E-state index contributed by atoms with van der Waals surface area (Å²) >= 11 is 0. The number of nitrogens with two attached hydrogens (primary N) is 1. The lowest BCUT2D eigenvalue weighted by molar-refractivity contribution is 0.0600. The van der Waals surface area contributed by atoms with Crippen molar-refractivity contribution in [2.75, 3.05) is 12.8 Å². The highest BCUT2D eigenvalue weighted by Gasteiger charge is 2.13. The van der Waals surface area contributed by atoms with E-state index in [-0.39, 0.29) is 16.8 Å². The number of benzene rings is 1. The predicted molar refractivity (Wildman–Crippen MR) is 57.4 cm³/mol. The number of nitrogen functional groups attached to an aromatic ring is 1. The van der Waals surface area contributed by atoms with E-state index >= 15 is 0 Å². The first kappa shape index (κ1) is 12.5. The molecule has 0 aliphatic heterocycles. The van der Waals surface area contributed by atoms with E-state index in [1.54, 1.807) is 0 Å². The number of methoxy groups -OCH3 is 1. The van der Waals surface area contributed by atoms with Gasteiger partial charge >= 0.3 is 5.97 Å². The van der Waals surface area contributed by atoms with E-state index in [9.17, 15) is 13.2 Å². The molecule has 0 aliphatic carbocycles. The molecule has 0 heterocycles. The van der Waals surface area contributed by atoms with E-state index in [0.29, 0.717) is 0 Å². The van der Waals surface area contributed by atoms with Crippen LogP contribution in [-0.4, -0.2) is 26.0 Å². The first-order chi connectivity index (χ1) is 7.33. The number of hydrogen-bond donors (Lipinski definition) is 2. The Labute approximate surface area is 92.8 Å². The van der Waals surface area contributed by atoms with Crippen molar-refractivity contribution in [1.29, 1.82) is 0 Å². The summed E-state index contributed by atoms with van der Waals surface area (Å²) in [6.45, 7) is 0. The highest BCUT2D eigenvalue weighted by Crippen LogP contribution is 2.17. The van der Waals surface area contributed by atoms with Crippen LogP contribution in [-0.2, 0) is 20.6 Å². The molecule has 0 saturated heterocycles. The van der Waals surface area contributed by atoms with Crippen molar-refractivity contribution in [2.24, 2.45) is 0 Å². The van der Waals surface area contributed by atoms with E-state index in [4.69, 9.17) is 10.3 Å². The van der Waals surface area contributed by atoms with Crippen LogP contribution in [0.5, 0.6) is 0 Å². The smallest absolute Gasteiger partial charge is 0.337 e. The van der Waals surface area contributed by atoms with Crippen LogP contribution in [0.3, 0.4) is 0 Å². The zero-order chi connectivity index (χ0) is 12.3. The molecule has 0 saturated carbocycles. The summed E-state index contributed by atoms with van der Waals surface area (Å²) in [4.78, 5) is 11.2. The van der Waals surface area contributed by atoms with Gasteiger partial charge in [0.2, 0.25) is 0 Å². The molecule has 0 amide bonds. The monoisotopic (exact) mass is 245 g/mol. The highest BCUT2D eigenvalue weighted by molar-refractivity contribution is 7.85. The fourth-order valence-corrected chi connectivity index (χ4v) is 1.82. The number of hydrogen-bond acceptors (Lipinski definition) is 5. The molecular weight excluding hydrogens is 234 g/mol. The largest absolute Gasteiger partial charge is 0.465 e. The summed E-state index contributed by atoms with van der Waals surface area (Å²) in [5.41, 5.74) is 6.03. The molecule has 0 radical (unpaired) electrons. The average Bonchev–Trinajstić information content (AvgIpc) is 2.18. The van der Waals surface area contributed by atoms with Gasteiger partial charge in [0.15, 0.2) is 0 Å². The molecule has 3 N–H and O–H groups in total. The maximum atomic E-state index is 11.2. The van der Waals surface area contributed by atoms with Gasteiger partial charge in [-0.1, -0.05) is 0 Å². The number of ether oxygens (including phenoxy) is 1. The minimum atomic E-state index is -4.18. The fraction of sp³-hybridized carbons (Fsp3) is 0.222. The van der Waals surface area contributed by atoms with Crippen LogP contribution in [0.25, 0.3) is 0 Å². The molecule has 6 nitrogen and oxygen atoms in total. The van der Waals surface area contributed by atoms with Gasteiger partial charge in [-0.2, -0.15) is 8.42 Å². The van der Waals surface area contributed by atoms with Crippen molar-refractivity contribution in [3.05, 3.63) is 29.3 Å². The zero-order valence-electron chi connectivity index (χ0n) is 8.50. The Hall–Kier alpha value is -1.60. The van der Waals surface area contributed by atoms with Gasteiger partial charge in [-0.3, -0.25) is 4.55 Å². The van der Waals surface area contributed by atoms with Crippen LogP contribution >= 0.6 is 0 Å². The topological polar surface area (TPSA) is 107 Å². The molecule has 7 heteroatoms. The lowest BCUT2D eigenvalue weighted by Crippen LogP contribution is -2.07. The second-order valence-corrected chi connectivity index (χ2v) is 4.58. The molecule has 0 unspecified atom stereocenters. The van der Waals surface area contributed by atoms with Crippen LogP contribution < -0.4 is 5.73 Å². The molecule has 1 aromatic carbocycles. The first-order valence-corrected chi connectivity index (χ1v) is 5.86. The molecule has 0 aromatic heterocycles. The normalized spacial score (nSPS) is 11.1. The van der Waals surface area contributed by atoms with Gasteiger partial charge < -0.3 is 10.5 Å². The second-order valence-electron chi connectivity index (χ2n) is 3.13. The van der Waals surface area contributed by atoms with Gasteiger partial charge in [-0.25, -0.2) is 4.79 Å². The summed E-state index contributed by atoms with van der Waals surface area (Å²) in [7, 11) is -2.97. The van der Waals surface area contributed by atoms with Crippen LogP contribution in [0, 0.1) is 0 Å². The van der Waals surface area contributed by atoms with Gasteiger partial charge in [0.25, 0.3) is 10.1 Å². The maximum Gasteiger partial charge on any atom is 0.337 e. The Morgan fingerprint density at radius 2 is 2.12 bits per heavy atom. The van der Waals surface area contributed by atoms with Gasteiger partial charge in [0.1, 0.15) is 5.75 Å². The Balaban J connectivity index is 3.14. The van der Waals surface area contributed by atoms with Crippen molar-refractivity contribution < 1.29 is 22.5 Å². The third-order valence-electron chi connectivity index (χ3n) is 1.90. The number of carbonyl (C=O) groups is 1. The van der Waals surface area contributed by atoms with Crippen molar-refractivity contribution >= 4 is 21.8 Å². The van der Waals surface area contributed by atoms with Crippen LogP contribution in [0.4, 0.5) is 5.69 Å². The van der Waals surface area contributed by atoms with E-state index in [1.165, 1.54) is 25.3 Å². The number of carbonyl (C=O) groups excluding carboxylic acids is 1. The SMILES string of the molecule is COC(=O)c1ccc(N)c(CS(=O)(=O)O)c1.